The number of carbonyl (C=O) groups excluding carboxylic acids is 1. The summed E-state index contributed by atoms with van der Waals surface area (Å²) in [6.07, 6.45) is 4.45. The summed E-state index contributed by atoms with van der Waals surface area (Å²) in [4.78, 5) is 23.6. The van der Waals surface area contributed by atoms with E-state index in [0.717, 1.165) is 5.76 Å². The Kier molecular flexibility index (Phi) is 4.84. The monoisotopic (exact) mass is 317 g/mol. The van der Waals surface area contributed by atoms with E-state index in [-0.39, 0.29) is 23.6 Å². The standard InChI is InChI=1S/C15H19N5O3/c21-14-5-1-7-17-20(14)8-3-6-16-15(22)12-10-11(18-19-12)13-4-2-9-23-13/h1-2,4-5,7,9,11-12,18-19H,3,6,8,10H2,(H,16,22). The summed E-state index contributed by atoms with van der Waals surface area (Å²) in [6.45, 7) is 0.969. The van der Waals surface area contributed by atoms with Gasteiger partial charge in [-0.05, 0) is 31.0 Å². The van der Waals surface area contributed by atoms with E-state index < -0.39 is 0 Å². The first-order valence-corrected chi connectivity index (χ1v) is 7.58. The Morgan fingerprint density at radius 2 is 2.30 bits per heavy atom. The average molecular weight is 317 g/mol. The third-order valence-electron chi connectivity index (χ3n) is 3.74. The van der Waals surface area contributed by atoms with E-state index >= 15 is 0 Å². The minimum absolute atomic E-state index is 0.00662. The second-order valence-electron chi connectivity index (χ2n) is 5.37. The molecule has 122 valence electrons. The number of aromatic nitrogens is 2. The second-order valence-corrected chi connectivity index (χ2v) is 5.37. The smallest absolute Gasteiger partial charge is 0.266 e. The van der Waals surface area contributed by atoms with Gasteiger partial charge in [-0.3, -0.25) is 9.59 Å². The molecule has 2 atom stereocenters. The third kappa shape index (κ3) is 3.85. The van der Waals surface area contributed by atoms with Crippen LogP contribution in [0, 0.1) is 0 Å². The van der Waals surface area contributed by atoms with Crippen LogP contribution < -0.4 is 21.7 Å². The highest BCUT2D eigenvalue weighted by atomic mass is 16.3. The number of amides is 1. The lowest BCUT2D eigenvalue weighted by atomic mass is 10.1. The number of nitrogens with zero attached hydrogens (tertiary/aromatic N) is 2. The summed E-state index contributed by atoms with van der Waals surface area (Å²) in [5.41, 5.74) is 5.89. The number of aryl methyl sites for hydroxylation is 1. The molecule has 2 aromatic heterocycles. The van der Waals surface area contributed by atoms with Gasteiger partial charge in [0.2, 0.25) is 5.91 Å². The molecule has 0 saturated carbocycles. The van der Waals surface area contributed by atoms with Crippen molar-refractivity contribution in [2.24, 2.45) is 0 Å². The summed E-state index contributed by atoms with van der Waals surface area (Å²) in [5, 5.41) is 6.83. The summed E-state index contributed by atoms with van der Waals surface area (Å²) < 4.78 is 6.71. The van der Waals surface area contributed by atoms with Crippen molar-refractivity contribution >= 4 is 5.91 Å². The highest BCUT2D eigenvalue weighted by Crippen LogP contribution is 2.22. The molecule has 3 N–H and O–H groups in total. The van der Waals surface area contributed by atoms with Crippen molar-refractivity contribution < 1.29 is 9.21 Å². The first kappa shape index (κ1) is 15.4. The molecule has 0 bridgehead atoms. The summed E-state index contributed by atoms with van der Waals surface area (Å²) in [6, 6.07) is 6.47. The SMILES string of the molecule is O=C(NCCCn1ncccc1=O)C1CC(c2ccco2)NN1. The van der Waals surface area contributed by atoms with Gasteiger partial charge in [0.05, 0.1) is 12.3 Å². The van der Waals surface area contributed by atoms with Gasteiger partial charge >= 0.3 is 0 Å². The van der Waals surface area contributed by atoms with Crippen LogP contribution in [-0.2, 0) is 11.3 Å². The molecule has 0 radical (unpaired) electrons. The van der Waals surface area contributed by atoms with Crippen molar-refractivity contribution in [3.63, 3.8) is 0 Å². The van der Waals surface area contributed by atoms with Gasteiger partial charge in [-0.2, -0.15) is 5.10 Å². The van der Waals surface area contributed by atoms with Crippen molar-refractivity contribution in [2.45, 2.75) is 31.5 Å². The van der Waals surface area contributed by atoms with Gasteiger partial charge < -0.3 is 9.73 Å². The fraction of sp³-hybridized carbons (Fsp3) is 0.400. The fourth-order valence-corrected chi connectivity index (χ4v) is 2.52. The lowest BCUT2D eigenvalue weighted by molar-refractivity contribution is -0.122. The fourth-order valence-electron chi connectivity index (χ4n) is 2.52. The maximum Gasteiger partial charge on any atom is 0.266 e. The van der Waals surface area contributed by atoms with Crippen LogP contribution in [0.1, 0.15) is 24.6 Å². The zero-order valence-electron chi connectivity index (χ0n) is 12.6. The zero-order valence-corrected chi connectivity index (χ0v) is 12.6. The van der Waals surface area contributed by atoms with E-state index in [9.17, 15) is 9.59 Å². The molecule has 1 aliphatic rings. The first-order chi connectivity index (χ1) is 11.2. The van der Waals surface area contributed by atoms with E-state index in [2.05, 4.69) is 21.3 Å². The number of nitrogens with one attached hydrogen (secondary N) is 3. The molecule has 2 aromatic rings. The summed E-state index contributed by atoms with van der Waals surface area (Å²) in [7, 11) is 0. The molecule has 1 saturated heterocycles. The van der Waals surface area contributed by atoms with Crippen LogP contribution >= 0.6 is 0 Å². The van der Waals surface area contributed by atoms with Crippen molar-refractivity contribution in [1.82, 2.24) is 25.9 Å². The zero-order chi connectivity index (χ0) is 16.1. The Bertz CT molecular complexity index is 697. The van der Waals surface area contributed by atoms with Gasteiger partial charge in [0.15, 0.2) is 0 Å². The van der Waals surface area contributed by atoms with Crippen molar-refractivity contribution in [2.75, 3.05) is 6.54 Å². The molecule has 1 amide bonds. The highest BCUT2D eigenvalue weighted by Gasteiger charge is 2.31. The number of hydrogen-bond donors (Lipinski definition) is 3. The van der Waals surface area contributed by atoms with Crippen LogP contribution in [0.25, 0.3) is 0 Å². The molecular formula is C15H19N5O3. The van der Waals surface area contributed by atoms with Gasteiger partial charge in [-0.25, -0.2) is 15.5 Å². The van der Waals surface area contributed by atoms with Crippen molar-refractivity contribution in [3.05, 3.63) is 52.8 Å². The van der Waals surface area contributed by atoms with Gasteiger partial charge in [0.25, 0.3) is 5.56 Å². The minimum Gasteiger partial charge on any atom is -0.468 e. The van der Waals surface area contributed by atoms with Crippen LogP contribution in [0.5, 0.6) is 0 Å². The molecule has 1 aliphatic heterocycles. The Morgan fingerprint density at radius 1 is 1.39 bits per heavy atom. The van der Waals surface area contributed by atoms with Crippen molar-refractivity contribution in [3.8, 4) is 0 Å². The molecule has 1 fully saturated rings. The molecule has 23 heavy (non-hydrogen) atoms. The van der Waals surface area contributed by atoms with Gasteiger partial charge in [0.1, 0.15) is 11.8 Å². The quantitative estimate of drug-likeness (QED) is 0.646. The Labute approximate surface area is 132 Å². The molecule has 8 nitrogen and oxygen atoms in total. The van der Waals surface area contributed by atoms with Crippen LogP contribution in [-0.4, -0.2) is 28.3 Å². The van der Waals surface area contributed by atoms with Crippen molar-refractivity contribution in [1.29, 1.82) is 0 Å². The van der Waals surface area contributed by atoms with Crippen LogP contribution in [0.4, 0.5) is 0 Å². The van der Waals surface area contributed by atoms with Crippen LogP contribution in [0.3, 0.4) is 0 Å². The molecule has 3 heterocycles. The van der Waals surface area contributed by atoms with Gasteiger partial charge in [-0.1, -0.05) is 0 Å². The number of rotatable bonds is 6. The lowest BCUT2D eigenvalue weighted by Gasteiger charge is -2.10. The Morgan fingerprint density at radius 3 is 3.09 bits per heavy atom. The highest BCUT2D eigenvalue weighted by molar-refractivity contribution is 5.82. The van der Waals surface area contributed by atoms with E-state index in [0.29, 0.717) is 25.9 Å². The largest absolute Gasteiger partial charge is 0.468 e. The molecule has 0 aliphatic carbocycles. The second kappa shape index (κ2) is 7.21. The van der Waals surface area contributed by atoms with Crippen LogP contribution in [0.15, 0.2) is 45.9 Å². The van der Waals surface area contributed by atoms with E-state index in [1.807, 2.05) is 12.1 Å². The number of hydrogen-bond acceptors (Lipinski definition) is 6. The number of hydrazine groups is 1. The first-order valence-electron chi connectivity index (χ1n) is 7.58. The van der Waals surface area contributed by atoms with Crippen LogP contribution in [0.2, 0.25) is 0 Å². The maximum absolute atomic E-state index is 12.1. The van der Waals surface area contributed by atoms with Gasteiger partial charge in [-0.15, -0.1) is 0 Å². The summed E-state index contributed by atoms with van der Waals surface area (Å²) in [5.74, 6) is 0.738. The molecular weight excluding hydrogens is 298 g/mol. The minimum atomic E-state index is -0.303. The van der Waals surface area contributed by atoms with Gasteiger partial charge in [0, 0.05) is 25.4 Å². The normalized spacial score (nSPS) is 20.5. The van der Waals surface area contributed by atoms with E-state index in [1.54, 1.807) is 18.5 Å². The average Bonchev–Trinajstić information content (AvgIpc) is 3.23. The Balaban J connectivity index is 1.40. The predicted octanol–water partition coefficient (Wildman–Crippen LogP) is -0.0496. The number of carbonyl (C=O) groups is 1. The van der Waals surface area contributed by atoms with E-state index in [4.69, 9.17) is 4.42 Å². The molecule has 8 heteroatoms. The third-order valence-corrected chi connectivity index (χ3v) is 3.74. The predicted molar refractivity (Wildman–Crippen MR) is 82.2 cm³/mol. The molecule has 0 spiro atoms. The number of furan rings is 1. The molecule has 2 unspecified atom stereocenters. The molecule has 3 rings (SSSR count). The Hall–Kier alpha value is -2.45. The summed E-state index contributed by atoms with van der Waals surface area (Å²) >= 11 is 0. The molecule has 0 aromatic carbocycles. The maximum atomic E-state index is 12.1. The lowest BCUT2D eigenvalue weighted by Crippen LogP contribution is -2.43. The topological polar surface area (TPSA) is 101 Å². The van der Waals surface area contributed by atoms with E-state index in [1.165, 1.54) is 10.7 Å².